The molecule has 0 unspecified atom stereocenters. The second kappa shape index (κ2) is 5.53. The third-order valence-corrected chi connectivity index (χ3v) is 3.40. The highest BCUT2D eigenvalue weighted by Gasteiger charge is 2.18. The Labute approximate surface area is 94.9 Å². The minimum absolute atomic E-state index is 0. The molecule has 1 atom stereocenters. The van der Waals surface area contributed by atoms with Gasteiger partial charge in [-0.2, -0.15) is 0 Å². The third-order valence-electron chi connectivity index (χ3n) is 2.54. The first-order chi connectivity index (χ1) is 6.38. The lowest BCUT2D eigenvalue weighted by Gasteiger charge is -2.31. The van der Waals surface area contributed by atoms with Gasteiger partial charge in [-0.3, -0.25) is 0 Å². The van der Waals surface area contributed by atoms with Crippen LogP contribution < -0.4 is 10.2 Å². The highest BCUT2D eigenvalue weighted by Crippen LogP contribution is 2.20. The molecule has 0 radical (unpaired) electrons. The molecule has 1 aliphatic heterocycles. The van der Waals surface area contributed by atoms with E-state index in [0.717, 1.165) is 11.7 Å². The van der Waals surface area contributed by atoms with E-state index in [0.29, 0.717) is 6.04 Å². The van der Waals surface area contributed by atoms with E-state index in [2.05, 4.69) is 22.2 Å². The number of aromatic nitrogens is 1. The van der Waals surface area contributed by atoms with E-state index >= 15 is 0 Å². The van der Waals surface area contributed by atoms with Gasteiger partial charge >= 0.3 is 0 Å². The molecule has 1 saturated heterocycles. The summed E-state index contributed by atoms with van der Waals surface area (Å²) >= 11 is 1.71. The van der Waals surface area contributed by atoms with Gasteiger partial charge in [-0.1, -0.05) is 0 Å². The fourth-order valence-corrected chi connectivity index (χ4v) is 2.39. The Hall–Kier alpha value is -0.320. The van der Waals surface area contributed by atoms with E-state index in [1.165, 1.54) is 19.4 Å². The molecule has 1 aliphatic rings. The van der Waals surface area contributed by atoms with Crippen LogP contribution >= 0.6 is 23.7 Å². The molecule has 0 aliphatic carbocycles. The van der Waals surface area contributed by atoms with E-state index in [4.69, 9.17) is 0 Å². The molecule has 1 aromatic heterocycles. The van der Waals surface area contributed by atoms with Gasteiger partial charge in [-0.15, -0.1) is 23.7 Å². The smallest absolute Gasteiger partial charge is 0.185 e. The van der Waals surface area contributed by atoms with Crippen LogP contribution in [-0.4, -0.2) is 31.2 Å². The van der Waals surface area contributed by atoms with E-state index in [-0.39, 0.29) is 12.4 Å². The van der Waals surface area contributed by atoms with Crippen LogP contribution in [-0.2, 0) is 0 Å². The van der Waals surface area contributed by atoms with Crippen LogP contribution in [0.5, 0.6) is 0 Å². The van der Waals surface area contributed by atoms with Crippen molar-refractivity contribution in [1.82, 2.24) is 10.3 Å². The van der Waals surface area contributed by atoms with Crippen molar-refractivity contribution in [3.63, 3.8) is 0 Å². The summed E-state index contributed by atoms with van der Waals surface area (Å²) in [5.41, 5.74) is 0. The summed E-state index contributed by atoms with van der Waals surface area (Å²) in [6.07, 6.45) is 4.43. The van der Waals surface area contributed by atoms with E-state index in [9.17, 15) is 0 Å². The van der Waals surface area contributed by atoms with E-state index < -0.39 is 0 Å². The number of halogens is 1. The van der Waals surface area contributed by atoms with Gasteiger partial charge in [0.1, 0.15) is 0 Å². The fourth-order valence-electron chi connectivity index (χ4n) is 1.71. The Bertz CT molecular complexity index is 247. The quantitative estimate of drug-likeness (QED) is 0.844. The Morgan fingerprint density at radius 3 is 3.07 bits per heavy atom. The molecule has 14 heavy (non-hydrogen) atoms. The number of piperidine rings is 1. The zero-order valence-electron chi connectivity index (χ0n) is 8.27. The summed E-state index contributed by atoms with van der Waals surface area (Å²) in [7, 11) is 2.14. The van der Waals surface area contributed by atoms with Crippen molar-refractivity contribution in [2.24, 2.45) is 0 Å². The van der Waals surface area contributed by atoms with Crippen molar-refractivity contribution in [3.05, 3.63) is 11.6 Å². The molecule has 0 spiro atoms. The summed E-state index contributed by atoms with van der Waals surface area (Å²) in [6.45, 7) is 2.26. The molecule has 1 N–H and O–H groups in total. The van der Waals surface area contributed by atoms with Gasteiger partial charge in [0.05, 0.1) is 0 Å². The molecule has 0 bridgehead atoms. The average molecular weight is 234 g/mol. The van der Waals surface area contributed by atoms with E-state index in [1.807, 2.05) is 11.6 Å². The van der Waals surface area contributed by atoms with E-state index in [1.54, 1.807) is 11.3 Å². The van der Waals surface area contributed by atoms with Crippen LogP contribution in [0.2, 0.25) is 0 Å². The number of anilines is 1. The Morgan fingerprint density at radius 2 is 2.50 bits per heavy atom. The lowest BCUT2D eigenvalue weighted by molar-refractivity contribution is 0.445. The Kier molecular flexibility index (Phi) is 4.65. The Balaban J connectivity index is 0.000000980. The van der Waals surface area contributed by atoms with Crippen LogP contribution in [0.3, 0.4) is 0 Å². The zero-order chi connectivity index (χ0) is 9.10. The average Bonchev–Trinajstić information content (AvgIpc) is 2.71. The molecule has 2 rings (SSSR count). The van der Waals surface area contributed by atoms with Crippen molar-refractivity contribution in [1.29, 1.82) is 0 Å². The molecular weight excluding hydrogens is 218 g/mol. The van der Waals surface area contributed by atoms with Crippen LogP contribution in [0.1, 0.15) is 12.8 Å². The second-order valence-electron chi connectivity index (χ2n) is 3.43. The number of hydrogen-bond acceptors (Lipinski definition) is 4. The topological polar surface area (TPSA) is 28.2 Å². The summed E-state index contributed by atoms with van der Waals surface area (Å²) in [4.78, 5) is 6.60. The number of rotatable bonds is 2. The highest BCUT2D eigenvalue weighted by molar-refractivity contribution is 7.13. The largest absolute Gasteiger partial charge is 0.347 e. The summed E-state index contributed by atoms with van der Waals surface area (Å²) in [6, 6.07) is 0.625. The highest BCUT2D eigenvalue weighted by atomic mass is 35.5. The molecule has 80 valence electrons. The lowest BCUT2D eigenvalue weighted by Crippen LogP contribution is -2.44. The minimum atomic E-state index is 0. The first kappa shape index (κ1) is 11.8. The molecule has 1 fully saturated rings. The standard InChI is InChI=1S/C9H15N3S.ClH/c1-12(9-11-5-6-13-9)8-3-2-4-10-7-8;/h5-6,8,10H,2-4,7H2,1H3;1H/t8-;/m0./s1. The van der Waals surface area contributed by atoms with Crippen LogP contribution in [0, 0.1) is 0 Å². The first-order valence-corrected chi connectivity index (χ1v) is 5.59. The summed E-state index contributed by atoms with van der Waals surface area (Å²) < 4.78 is 0. The van der Waals surface area contributed by atoms with Crippen molar-refractivity contribution >= 4 is 28.9 Å². The third kappa shape index (κ3) is 2.59. The van der Waals surface area contributed by atoms with Gasteiger partial charge in [0, 0.05) is 31.2 Å². The molecule has 5 heteroatoms. The lowest BCUT2D eigenvalue weighted by atomic mass is 10.1. The number of thiazole rings is 1. The maximum absolute atomic E-state index is 4.31. The van der Waals surface area contributed by atoms with Crippen molar-refractivity contribution in [2.75, 3.05) is 25.0 Å². The fraction of sp³-hybridized carbons (Fsp3) is 0.667. The molecule has 3 nitrogen and oxygen atoms in total. The molecular formula is C9H16ClN3S. The first-order valence-electron chi connectivity index (χ1n) is 4.71. The van der Waals surface area contributed by atoms with Crippen LogP contribution in [0.4, 0.5) is 5.13 Å². The normalized spacial score (nSPS) is 21.4. The molecule has 2 heterocycles. The number of nitrogens with one attached hydrogen (secondary N) is 1. The summed E-state index contributed by atoms with van der Waals surface area (Å²) in [5.74, 6) is 0. The van der Waals surface area contributed by atoms with Crippen molar-refractivity contribution in [3.8, 4) is 0 Å². The van der Waals surface area contributed by atoms with Crippen molar-refractivity contribution in [2.45, 2.75) is 18.9 Å². The number of hydrogen-bond donors (Lipinski definition) is 1. The van der Waals surface area contributed by atoms with Gasteiger partial charge in [-0.05, 0) is 19.4 Å². The second-order valence-corrected chi connectivity index (χ2v) is 4.30. The van der Waals surface area contributed by atoms with Gasteiger partial charge in [-0.25, -0.2) is 4.98 Å². The van der Waals surface area contributed by atoms with Crippen molar-refractivity contribution < 1.29 is 0 Å². The van der Waals surface area contributed by atoms with Gasteiger partial charge < -0.3 is 10.2 Å². The van der Waals surface area contributed by atoms with Crippen LogP contribution in [0.15, 0.2) is 11.6 Å². The van der Waals surface area contributed by atoms with Gasteiger partial charge in [0.25, 0.3) is 0 Å². The number of likely N-dealkylation sites (N-methyl/N-ethyl adjacent to an activating group) is 1. The Morgan fingerprint density at radius 1 is 1.64 bits per heavy atom. The summed E-state index contributed by atoms with van der Waals surface area (Å²) in [5, 5.41) is 6.58. The minimum Gasteiger partial charge on any atom is -0.347 e. The molecule has 1 aromatic rings. The number of nitrogens with zero attached hydrogens (tertiary/aromatic N) is 2. The molecule has 0 aromatic carbocycles. The van der Waals surface area contributed by atoms with Gasteiger partial charge in [0.2, 0.25) is 0 Å². The predicted molar refractivity (Wildman–Crippen MR) is 63.7 cm³/mol. The molecule has 0 amide bonds. The predicted octanol–water partition coefficient (Wildman–Crippen LogP) is 1.75. The molecule has 0 saturated carbocycles. The maximum Gasteiger partial charge on any atom is 0.185 e. The van der Waals surface area contributed by atoms with Gasteiger partial charge in [0.15, 0.2) is 5.13 Å². The SMILES string of the molecule is CN(c1nccs1)[C@H]1CCCNC1.Cl. The van der Waals surface area contributed by atoms with Crippen LogP contribution in [0.25, 0.3) is 0 Å². The monoisotopic (exact) mass is 233 g/mol. The maximum atomic E-state index is 4.31. The zero-order valence-corrected chi connectivity index (χ0v) is 9.90.